The fraction of sp³-hybridized carbons (Fsp3) is 0.889. The van der Waals surface area contributed by atoms with Gasteiger partial charge in [0.1, 0.15) is 0 Å². The zero-order chi connectivity index (χ0) is 9.31. The van der Waals surface area contributed by atoms with Gasteiger partial charge in [-0.25, -0.2) is 0 Å². The van der Waals surface area contributed by atoms with Gasteiger partial charge < -0.3 is 9.64 Å². The van der Waals surface area contributed by atoms with Crippen molar-refractivity contribution in [2.24, 2.45) is 0 Å². The average molecular weight is 184 g/mol. The molecule has 0 aromatic heterocycles. The first kappa shape index (κ1) is 8.97. The summed E-state index contributed by atoms with van der Waals surface area (Å²) in [6.45, 7) is 4.76. The maximum atomic E-state index is 11.7. The second-order valence-corrected chi connectivity index (χ2v) is 3.68. The van der Waals surface area contributed by atoms with E-state index in [-0.39, 0.29) is 11.4 Å². The average Bonchev–Trinajstić information content (AvgIpc) is 2.85. The molecule has 0 aromatic carbocycles. The van der Waals surface area contributed by atoms with E-state index < -0.39 is 0 Å². The Balaban J connectivity index is 1.78. The van der Waals surface area contributed by atoms with Crippen molar-refractivity contribution in [2.75, 3.05) is 26.4 Å². The first-order chi connectivity index (χ1) is 6.28. The quantitative estimate of drug-likeness (QED) is 0.623. The molecule has 4 heteroatoms. The second-order valence-electron chi connectivity index (χ2n) is 3.68. The van der Waals surface area contributed by atoms with Crippen LogP contribution in [0, 0.1) is 0 Å². The smallest absolute Gasteiger partial charge is 0.244 e. The van der Waals surface area contributed by atoms with Gasteiger partial charge in [-0.15, -0.1) is 0 Å². The summed E-state index contributed by atoms with van der Waals surface area (Å²) in [6.07, 6.45) is 2.02. The highest BCUT2D eigenvalue weighted by atomic mass is 16.5. The first-order valence-corrected chi connectivity index (χ1v) is 4.91. The molecule has 1 saturated carbocycles. The molecule has 1 aliphatic carbocycles. The molecule has 2 rings (SSSR count). The zero-order valence-corrected chi connectivity index (χ0v) is 8.01. The number of ether oxygens (including phenoxy) is 1. The van der Waals surface area contributed by atoms with Crippen molar-refractivity contribution in [1.82, 2.24) is 10.2 Å². The molecule has 0 aromatic rings. The lowest BCUT2D eigenvalue weighted by atomic mass is 10.3. The second kappa shape index (κ2) is 3.27. The third kappa shape index (κ3) is 1.56. The maximum Gasteiger partial charge on any atom is 0.244 e. The van der Waals surface area contributed by atoms with Crippen LogP contribution in [-0.2, 0) is 9.53 Å². The summed E-state index contributed by atoms with van der Waals surface area (Å²) in [5.41, 5.74) is -0.147. The molecule has 0 bridgehead atoms. The number of carbonyl (C=O) groups is 1. The summed E-state index contributed by atoms with van der Waals surface area (Å²) in [6, 6.07) is 0. The molecule has 1 aliphatic heterocycles. The molecule has 74 valence electrons. The van der Waals surface area contributed by atoms with E-state index in [1.165, 1.54) is 0 Å². The Morgan fingerprint density at radius 1 is 1.62 bits per heavy atom. The zero-order valence-electron chi connectivity index (χ0n) is 8.01. The van der Waals surface area contributed by atoms with Gasteiger partial charge in [-0.3, -0.25) is 10.1 Å². The molecular formula is C9H16N2O2. The Hall–Kier alpha value is -0.610. The molecule has 4 nitrogen and oxygen atoms in total. The molecule has 0 unspecified atom stereocenters. The molecule has 2 fully saturated rings. The Morgan fingerprint density at radius 2 is 2.38 bits per heavy atom. The van der Waals surface area contributed by atoms with Gasteiger partial charge in [0.25, 0.3) is 0 Å². The Kier molecular flexibility index (Phi) is 2.26. The molecule has 1 amide bonds. The highest BCUT2D eigenvalue weighted by molar-refractivity contribution is 5.91. The van der Waals surface area contributed by atoms with Gasteiger partial charge in [-0.1, -0.05) is 0 Å². The normalized spacial score (nSPS) is 24.4. The molecule has 13 heavy (non-hydrogen) atoms. The van der Waals surface area contributed by atoms with Crippen molar-refractivity contribution in [1.29, 1.82) is 0 Å². The van der Waals surface area contributed by atoms with Crippen LogP contribution in [-0.4, -0.2) is 42.8 Å². The third-order valence-corrected chi connectivity index (χ3v) is 2.76. The fourth-order valence-corrected chi connectivity index (χ4v) is 1.71. The molecule has 1 N–H and O–H groups in total. The fourth-order valence-electron chi connectivity index (χ4n) is 1.71. The number of nitrogens with one attached hydrogen (secondary N) is 1. The molecule has 1 saturated heterocycles. The predicted molar refractivity (Wildman–Crippen MR) is 48.2 cm³/mol. The van der Waals surface area contributed by atoms with Crippen LogP contribution in [0.2, 0.25) is 0 Å². The minimum absolute atomic E-state index is 0.147. The van der Waals surface area contributed by atoms with Gasteiger partial charge in [-0.05, 0) is 19.8 Å². The molecular weight excluding hydrogens is 168 g/mol. The third-order valence-electron chi connectivity index (χ3n) is 2.76. The van der Waals surface area contributed by atoms with E-state index in [1.54, 1.807) is 0 Å². The minimum Gasteiger partial charge on any atom is -0.380 e. The number of hydrogen-bond acceptors (Lipinski definition) is 3. The van der Waals surface area contributed by atoms with Crippen molar-refractivity contribution < 1.29 is 9.53 Å². The Morgan fingerprint density at radius 3 is 2.92 bits per heavy atom. The van der Waals surface area contributed by atoms with Crippen molar-refractivity contribution >= 4 is 5.91 Å². The van der Waals surface area contributed by atoms with Gasteiger partial charge in [0.15, 0.2) is 0 Å². The molecule has 2 aliphatic rings. The van der Waals surface area contributed by atoms with Crippen LogP contribution < -0.4 is 5.32 Å². The van der Waals surface area contributed by atoms with Crippen molar-refractivity contribution in [2.45, 2.75) is 25.3 Å². The lowest BCUT2D eigenvalue weighted by Gasteiger charge is -2.14. The topological polar surface area (TPSA) is 41.6 Å². The van der Waals surface area contributed by atoms with Crippen LogP contribution in [0.1, 0.15) is 19.8 Å². The first-order valence-electron chi connectivity index (χ1n) is 4.91. The summed E-state index contributed by atoms with van der Waals surface area (Å²) in [4.78, 5) is 13.5. The Labute approximate surface area is 78.2 Å². The van der Waals surface area contributed by atoms with E-state index >= 15 is 0 Å². The summed E-state index contributed by atoms with van der Waals surface area (Å²) in [5, 5.41) is 3.25. The van der Waals surface area contributed by atoms with E-state index in [1.807, 2.05) is 11.8 Å². The SMILES string of the molecule is CCOCCN1CNC2(CC2)C1=O. The molecule has 1 heterocycles. The summed E-state index contributed by atoms with van der Waals surface area (Å²) in [7, 11) is 0. The van der Waals surface area contributed by atoms with Crippen LogP contribution in [0.25, 0.3) is 0 Å². The van der Waals surface area contributed by atoms with E-state index in [0.717, 1.165) is 26.0 Å². The van der Waals surface area contributed by atoms with Crippen molar-refractivity contribution in [3.8, 4) is 0 Å². The number of amides is 1. The van der Waals surface area contributed by atoms with Crippen LogP contribution in [0.15, 0.2) is 0 Å². The van der Waals surface area contributed by atoms with Crippen LogP contribution in [0.5, 0.6) is 0 Å². The highest BCUT2D eigenvalue weighted by Crippen LogP contribution is 2.39. The summed E-state index contributed by atoms with van der Waals surface area (Å²) in [5.74, 6) is 0.271. The largest absolute Gasteiger partial charge is 0.380 e. The molecule has 0 radical (unpaired) electrons. The van der Waals surface area contributed by atoms with E-state index in [4.69, 9.17) is 4.74 Å². The van der Waals surface area contributed by atoms with E-state index in [9.17, 15) is 4.79 Å². The van der Waals surface area contributed by atoms with Gasteiger partial charge in [0, 0.05) is 13.2 Å². The number of hydrogen-bond donors (Lipinski definition) is 1. The van der Waals surface area contributed by atoms with Gasteiger partial charge >= 0.3 is 0 Å². The predicted octanol–water partition coefficient (Wildman–Crippen LogP) is -0.0552. The van der Waals surface area contributed by atoms with E-state index in [0.29, 0.717) is 13.3 Å². The van der Waals surface area contributed by atoms with Gasteiger partial charge in [0.05, 0.1) is 18.8 Å². The summed E-state index contributed by atoms with van der Waals surface area (Å²) >= 11 is 0. The van der Waals surface area contributed by atoms with Crippen molar-refractivity contribution in [3.63, 3.8) is 0 Å². The lowest BCUT2D eigenvalue weighted by molar-refractivity contribution is -0.130. The van der Waals surface area contributed by atoms with Gasteiger partial charge in [-0.2, -0.15) is 0 Å². The van der Waals surface area contributed by atoms with Crippen LogP contribution in [0.4, 0.5) is 0 Å². The van der Waals surface area contributed by atoms with Crippen LogP contribution >= 0.6 is 0 Å². The number of nitrogens with zero attached hydrogens (tertiary/aromatic N) is 1. The minimum atomic E-state index is -0.147. The lowest BCUT2D eigenvalue weighted by Crippen LogP contribution is -2.33. The van der Waals surface area contributed by atoms with Gasteiger partial charge in [0.2, 0.25) is 5.91 Å². The summed E-state index contributed by atoms with van der Waals surface area (Å²) < 4.78 is 5.21. The standard InChI is InChI=1S/C9H16N2O2/c1-2-13-6-5-11-7-10-9(3-4-9)8(11)12/h10H,2-7H2,1H3. The maximum absolute atomic E-state index is 11.7. The van der Waals surface area contributed by atoms with E-state index in [2.05, 4.69) is 5.32 Å². The van der Waals surface area contributed by atoms with Crippen LogP contribution in [0.3, 0.4) is 0 Å². The monoisotopic (exact) mass is 184 g/mol. The molecule has 1 spiro atoms. The number of rotatable bonds is 4. The van der Waals surface area contributed by atoms with Crippen molar-refractivity contribution in [3.05, 3.63) is 0 Å². The highest BCUT2D eigenvalue weighted by Gasteiger charge is 2.55. The Bertz CT molecular complexity index is 214. The molecule has 0 atom stereocenters. The number of carbonyl (C=O) groups excluding carboxylic acids is 1.